The van der Waals surface area contributed by atoms with Crippen molar-refractivity contribution in [3.63, 3.8) is 0 Å². The minimum atomic E-state index is -0.362. The molecule has 2 aromatic rings. The highest BCUT2D eigenvalue weighted by atomic mass is 16.2. The van der Waals surface area contributed by atoms with Gasteiger partial charge in [-0.05, 0) is 24.2 Å². The molecule has 0 saturated heterocycles. The first kappa shape index (κ1) is 21.7. The van der Waals surface area contributed by atoms with Gasteiger partial charge in [-0.3, -0.25) is 13.9 Å². The summed E-state index contributed by atoms with van der Waals surface area (Å²) in [5.41, 5.74) is 0.0613. The number of H-pyrrole nitrogens is 1. The summed E-state index contributed by atoms with van der Waals surface area (Å²) in [5.74, 6) is 3.13. The quantitative estimate of drug-likeness (QED) is 0.719. The summed E-state index contributed by atoms with van der Waals surface area (Å²) in [7, 11) is 3.12. The van der Waals surface area contributed by atoms with E-state index in [4.69, 9.17) is 0 Å². The van der Waals surface area contributed by atoms with Crippen LogP contribution in [0.25, 0.3) is 11.2 Å². The second kappa shape index (κ2) is 9.63. The standard InChI is InChI=1S/C22H37N5O2/c1-15-9-5-6-10-17(16(2)13-12-15)11-7-8-14-23-21-24-18-19(25-21)26(3)22(29)27(4)20(18)28/h15-17H,5-14H2,1-4H3,(H2,23,24,25). The van der Waals surface area contributed by atoms with Gasteiger partial charge < -0.3 is 10.3 Å². The number of aromatic amines is 1. The molecule has 1 aliphatic rings. The maximum Gasteiger partial charge on any atom is 0.332 e. The van der Waals surface area contributed by atoms with Crippen LogP contribution in [0.1, 0.15) is 71.6 Å². The number of nitrogens with one attached hydrogen (secondary N) is 2. The fraction of sp³-hybridized carbons (Fsp3) is 0.773. The van der Waals surface area contributed by atoms with Crippen molar-refractivity contribution < 1.29 is 0 Å². The predicted molar refractivity (Wildman–Crippen MR) is 118 cm³/mol. The smallest absolute Gasteiger partial charge is 0.332 e. The molecule has 0 amide bonds. The largest absolute Gasteiger partial charge is 0.356 e. The zero-order valence-electron chi connectivity index (χ0n) is 18.5. The summed E-state index contributed by atoms with van der Waals surface area (Å²) in [6.45, 7) is 5.66. The SMILES string of the molecule is CC1CCCCC(CCCCNc2nc3c([nH]2)c(=O)n(C)c(=O)n3C)C(C)CC1. The number of hydrogen-bond acceptors (Lipinski definition) is 4. The van der Waals surface area contributed by atoms with Gasteiger partial charge in [-0.25, -0.2) is 4.79 Å². The molecule has 7 heteroatoms. The number of rotatable bonds is 6. The highest BCUT2D eigenvalue weighted by molar-refractivity contribution is 5.72. The fourth-order valence-corrected chi connectivity index (χ4v) is 4.69. The van der Waals surface area contributed by atoms with E-state index >= 15 is 0 Å². The van der Waals surface area contributed by atoms with Gasteiger partial charge in [0, 0.05) is 20.6 Å². The Kier molecular flexibility index (Phi) is 7.19. The van der Waals surface area contributed by atoms with Crippen LogP contribution in [0, 0.1) is 17.8 Å². The Labute approximate surface area is 172 Å². The normalized spacial score (nSPS) is 23.5. The molecule has 3 unspecified atom stereocenters. The molecule has 0 aromatic carbocycles. The van der Waals surface area contributed by atoms with Crippen molar-refractivity contribution >= 4 is 17.1 Å². The van der Waals surface area contributed by atoms with Gasteiger partial charge in [0.1, 0.15) is 0 Å². The second-order valence-corrected chi connectivity index (χ2v) is 9.12. The molecule has 7 nitrogen and oxygen atoms in total. The molecule has 0 radical (unpaired) electrons. The number of aromatic nitrogens is 4. The summed E-state index contributed by atoms with van der Waals surface area (Å²) < 4.78 is 2.50. The zero-order valence-corrected chi connectivity index (χ0v) is 18.5. The highest BCUT2D eigenvalue weighted by Gasteiger charge is 2.19. The predicted octanol–water partition coefficient (Wildman–Crippen LogP) is 3.79. The van der Waals surface area contributed by atoms with Crippen LogP contribution in [0.2, 0.25) is 0 Å². The van der Waals surface area contributed by atoms with Crippen LogP contribution in [0.5, 0.6) is 0 Å². The Hall–Kier alpha value is -2.05. The summed E-state index contributed by atoms with van der Waals surface area (Å²) in [6.07, 6.45) is 11.9. The molecule has 3 rings (SSSR count). The number of aryl methyl sites for hydroxylation is 1. The first-order valence-electron chi connectivity index (χ1n) is 11.3. The van der Waals surface area contributed by atoms with Crippen molar-refractivity contribution in [1.82, 2.24) is 19.1 Å². The lowest BCUT2D eigenvalue weighted by molar-refractivity contribution is 0.282. The van der Waals surface area contributed by atoms with Gasteiger partial charge in [0.15, 0.2) is 11.2 Å². The average Bonchev–Trinajstić information content (AvgIpc) is 3.16. The molecule has 2 heterocycles. The van der Waals surface area contributed by atoms with E-state index in [2.05, 4.69) is 29.1 Å². The van der Waals surface area contributed by atoms with E-state index in [1.165, 1.54) is 63.0 Å². The Morgan fingerprint density at radius 1 is 1.03 bits per heavy atom. The molecule has 1 saturated carbocycles. The van der Waals surface area contributed by atoms with Gasteiger partial charge in [-0.2, -0.15) is 4.98 Å². The maximum absolute atomic E-state index is 12.2. The average molecular weight is 404 g/mol. The maximum atomic E-state index is 12.2. The molecule has 2 aromatic heterocycles. The molecule has 29 heavy (non-hydrogen) atoms. The van der Waals surface area contributed by atoms with Crippen LogP contribution in [-0.2, 0) is 14.1 Å². The van der Waals surface area contributed by atoms with Gasteiger partial charge in [-0.15, -0.1) is 0 Å². The molecule has 1 fully saturated rings. The van der Waals surface area contributed by atoms with E-state index in [-0.39, 0.29) is 11.2 Å². The first-order valence-corrected chi connectivity index (χ1v) is 11.3. The fourth-order valence-electron chi connectivity index (χ4n) is 4.69. The third kappa shape index (κ3) is 5.11. The number of imidazole rings is 1. The van der Waals surface area contributed by atoms with Crippen molar-refractivity contribution in [1.29, 1.82) is 0 Å². The number of anilines is 1. The minimum Gasteiger partial charge on any atom is -0.356 e. The second-order valence-electron chi connectivity index (χ2n) is 9.12. The zero-order chi connectivity index (χ0) is 21.0. The highest BCUT2D eigenvalue weighted by Crippen LogP contribution is 2.32. The molecular weight excluding hydrogens is 366 g/mol. The lowest BCUT2D eigenvalue weighted by Crippen LogP contribution is -2.36. The van der Waals surface area contributed by atoms with Gasteiger partial charge in [0.05, 0.1) is 0 Å². The summed E-state index contributed by atoms with van der Waals surface area (Å²) >= 11 is 0. The van der Waals surface area contributed by atoms with Crippen molar-refractivity contribution in [2.24, 2.45) is 31.8 Å². The van der Waals surface area contributed by atoms with Crippen LogP contribution in [0.15, 0.2) is 9.59 Å². The van der Waals surface area contributed by atoms with Gasteiger partial charge >= 0.3 is 5.69 Å². The Morgan fingerprint density at radius 3 is 2.59 bits per heavy atom. The lowest BCUT2D eigenvalue weighted by Gasteiger charge is -2.23. The molecule has 0 aliphatic heterocycles. The van der Waals surface area contributed by atoms with Crippen LogP contribution in [-0.4, -0.2) is 25.6 Å². The van der Waals surface area contributed by atoms with Crippen molar-refractivity contribution in [3.8, 4) is 0 Å². The molecule has 0 spiro atoms. The van der Waals surface area contributed by atoms with Crippen LogP contribution in [0.3, 0.4) is 0 Å². The van der Waals surface area contributed by atoms with E-state index in [0.717, 1.165) is 35.3 Å². The Bertz CT molecular complexity index is 926. The van der Waals surface area contributed by atoms with E-state index < -0.39 is 0 Å². The molecular formula is C22H37N5O2. The van der Waals surface area contributed by atoms with E-state index in [9.17, 15) is 9.59 Å². The minimum absolute atomic E-state index is 0.341. The third-order valence-corrected chi connectivity index (χ3v) is 6.83. The third-order valence-electron chi connectivity index (χ3n) is 6.83. The summed E-state index contributed by atoms with van der Waals surface area (Å²) in [4.78, 5) is 31.7. The molecule has 1 aliphatic carbocycles. The molecule has 3 atom stereocenters. The van der Waals surface area contributed by atoms with Crippen LogP contribution < -0.4 is 16.6 Å². The molecule has 0 bridgehead atoms. The number of hydrogen-bond donors (Lipinski definition) is 2. The van der Waals surface area contributed by atoms with Crippen LogP contribution in [0.4, 0.5) is 5.95 Å². The van der Waals surface area contributed by atoms with Crippen molar-refractivity contribution in [2.75, 3.05) is 11.9 Å². The van der Waals surface area contributed by atoms with E-state index in [0.29, 0.717) is 17.1 Å². The van der Waals surface area contributed by atoms with Crippen LogP contribution >= 0.6 is 0 Å². The topological polar surface area (TPSA) is 84.7 Å². The number of unbranched alkanes of at least 4 members (excludes halogenated alkanes) is 1. The van der Waals surface area contributed by atoms with E-state index in [1.54, 1.807) is 7.05 Å². The molecule has 162 valence electrons. The summed E-state index contributed by atoms with van der Waals surface area (Å²) in [6, 6.07) is 0. The van der Waals surface area contributed by atoms with Gasteiger partial charge in [-0.1, -0.05) is 65.2 Å². The van der Waals surface area contributed by atoms with Crippen molar-refractivity contribution in [2.45, 2.75) is 71.6 Å². The Balaban J connectivity index is 1.50. The summed E-state index contributed by atoms with van der Waals surface area (Å²) in [5, 5.41) is 3.28. The molecule has 2 N–H and O–H groups in total. The lowest BCUT2D eigenvalue weighted by atomic mass is 9.83. The van der Waals surface area contributed by atoms with Gasteiger partial charge in [0.25, 0.3) is 5.56 Å². The van der Waals surface area contributed by atoms with E-state index in [1.807, 2.05) is 0 Å². The monoisotopic (exact) mass is 403 g/mol. The van der Waals surface area contributed by atoms with Gasteiger partial charge in [0.2, 0.25) is 5.95 Å². The first-order chi connectivity index (χ1) is 13.9. The number of nitrogens with zero attached hydrogens (tertiary/aromatic N) is 3. The number of fused-ring (bicyclic) bond motifs is 1. The van der Waals surface area contributed by atoms with Crippen molar-refractivity contribution in [3.05, 3.63) is 20.8 Å². The Morgan fingerprint density at radius 2 is 1.79 bits per heavy atom.